The Kier molecular flexibility index (Phi) is 3.02. The molecule has 1 aliphatic heterocycles. The third-order valence-corrected chi connectivity index (χ3v) is 3.09. The summed E-state index contributed by atoms with van der Waals surface area (Å²) >= 11 is 0. The molecule has 0 aliphatic carbocycles. The van der Waals surface area contributed by atoms with E-state index in [0.717, 1.165) is 18.4 Å². The zero-order valence-corrected chi connectivity index (χ0v) is 10.1. The van der Waals surface area contributed by atoms with Crippen molar-refractivity contribution in [1.82, 2.24) is 4.98 Å². The van der Waals surface area contributed by atoms with Crippen molar-refractivity contribution in [3.63, 3.8) is 0 Å². The molecule has 0 radical (unpaired) electrons. The molecule has 0 spiro atoms. The molecule has 1 unspecified atom stereocenters. The van der Waals surface area contributed by atoms with Crippen molar-refractivity contribution >= 4 is 17.4 Å². The highest BCUT2D eigenvalue weighted by Crippen LogP contribution is 2.26. The van der Waals surface area contributed by atoms with E-state index in [1.165, 1.54) is 0 Å². The van der Waals surface area contributed by atoms with Gasteiger partial charge in [0.1, 0.15) is 11.4 Å². The van der Waals surface area contributed by atoms with Crippen molar-refractivity contribution in [1.29, 1.82) is 0 Å². The largest absolute Gasteiger partial charge is 0.397 e. The molecule has 0 saturated carbocycles. The van der Waals surface area contributed by atoms with Crippen molar-refractivity contribution < 1.29 is 9.53 Å². The van der Waals surface area contributed by atoms with Crippen LogP contribution in [-0.4, -0.2) is 23.1 Å². The Morgan fingerprint density at radius 1 is 1.65 bits per heavy atom. The van der Waals surface area contributed by atoms with Gasteiger partial charge in [0, 0.05) is 6.61 Å². The average molecular weight is 235 g/mol. The fourth-order valence-electron chi connectivity index (χ4n) is 1.84. The van der Waals surface area contributed by atoms with Crippen LogP contribution in [0.4, 0.5) is 11.5 Å². The zero-order valence-electron chi connectivity index (χ0n) is 10.1. The van der Waals surface area contributed by atoms with Crippen LogP contribution in [0.15, 0.2) is 12.3 Å². The van der Waals surface area contributed by atoms with Gasteiger partial charge in [0.2, 0.25) is 0 Å². The van der Waals surface area contributed by atoms with E-state index >= 15 is 0 Å². The normalized spacial score (nSPS) is 23.6. The van der Waals surface area contributed by atoms with Gasteiger partial charge in [0.05, 0.1) is 11.9 Å². The van der Waals surface area contributed by atoms with E-state index < -0.39 is 5.60 Å². The molecule has 1 aliphatic rings. The SMILES string of the molecule is Cc1cc(NC(=O)C2(C)CCCO2)ncc1N. The summed E-state index contributed by atoms with van der Waals surface area (Å²) in [6, 6.07) is 1.76. The quantitative estimate of drug-likeness (QED) is 0.814. The van der Waals surface area contributed by atoms with Gasteiger partial charge in [-0.15, -0.1) is 0 Å². The molecule has 5 nitrogen and oxygen atoms in total. The summed E-state index contributed by atoms with van der Waals surface area (Å²) in [4.78, 5) is 16.1. The number of amides is 1. The van der Waals surface area contributed by atoms with E-state index in [2.05, 4.69) is 10.3 Å². The summed E-state index contributed by atoms with van der Waals surface area (Å²) < 4.78 is 5.46. The van der Waals surface area contributed by atoms with Gasteiger partial charge in [-0.05, 0) is 38.3 Å². The van der Waals surface area contributed by atoms with Crippen LogP contribution in [0.2, 0.25) is 0 Å². The lowest BCUT2D eigenvalue weighted by molar-refractivity contribution is -0.133. The van der Waals surface area contributed by atoms with E-state index in [-0.39, 0.29) is 5.91 Å². The van der Waals surface area contributed by atoms with Gasteiger partial charge in [-0.25, -0.2) is 4.98 Å². The summed E-state index contributed by atoms with van der Waals surface area (Å²) in [6.45, 7) is 4.32. The maximum absolute atomic E-state index is 12.0. The monoisotopic (exact) mass is 235 g/mol. The van der Waals surface area contributed by atoms with Crippen molar-refractivity contribution in [2.75, 3.05) is 17.7 Å². The minimum Gasteiger partial charge on any atom is -0.397 e. The van der Waals surface area contributed by atoms with E-state index in [9.17, 15) is 4.79 Å². The highest BCUT2D eigenvalue weighted by Gasteiger charge is 2.37. The molecule has 92 valence electrons. The first-order chi connectivity index (χ1) is 8.01. The van der Waals surface area contributed by atoms with E-state index in [4.69, 9.17) is 10.5 Å². The van der Waals surface area contributed by atoms with Crippen LogP contribution in [0.3, 0.4) is 0 Å². The Morgan fingerprint density at radius 2 is 2.41 bits per heavy atom. The zero-order chi connectivity index (χ0) is 12.5. The second-order valence-corrected chi connectivity index (χ2v) is 4.56. The number of hydrogen-bond acceptors (Lipinski definition) is 4. The van der Waals surface area contributed by atoms with Crippen LogP contribution in [0, 0.1) is 6.92 Å². The number of nitrogens with two attached hydrogens (primary N) is 1. The molecule has 5 heteroatoms. The molecule has 3 N–H and O–H groups in total. The number of rotatable bonds is 2. The maximum atomic E-state index is 12.0. The molecule has 0 aromatic carbocycles. The highest BCUT2D eigenvalue weighted by molar-refractivity contribution is 5.96. The van der Waals surface area contributed by atoms with E-state index in [1.807, 2.05) is 6.92 Å². The van der Waals surface area contributed by atoms with Crippen molar-refractivity contribution in [3.8, 4) is 0 Å². The molecule has 1 aromatic heterocycles. The Bertz CT molecular complexity index is 439. The van der Waals surface area contributed by atoms with E-state index in [1.54, 1.807) is 19.2 Å². The van der Waals surface area contributed by atoms with Crippen LogP contribution in [0.25, 0.3) is 0 Å². The van der Waals surface area contributed by atoms with Crippen molar-refractivity contribution in [2.45, 2.75) is 32.3 Å². The van der Waals surface area contributed by atoms with Gasteiger partial charge in [-0.2, -0.15) is 0 Å². The Balaban J connectivity index is 2.10. The lowest BCUT2D eigenvalue weighted by Gasteiger charge is -2.21. The number of carbonyl (C=O) groups excluding carboxylic acids is 1. The first-order valence-corrected chi connectivity index (χ1v) is 5.69. The van der Waals surface area contributed by atoms with Crippen LogP contribution in [0.5, 0.6) is 0 Å². The van der Waals surface area contributed by atoms with Crippen molar-refractivity contribution in [3.05, 3.63) is 17.8 Å². The summed E-state index contributed by atoms with van der Waals surface area (Å²) in [7, 11) is 0. The topological polar surface area (TPSA) is 77.2 Å². The lowest BCUT2D eigenvalue weighted by atomic mass is 10.0. The first-order valence-electron chi connectivity index (χ1n) is 5.69. The average Bonchev–Trinajstić information content (AvgIpc) is 2.72. The fraction of sp³-hybridized carbons (Fsp3) is 0.500. The summed E-state index contributed by atoms with van der Waals surface area (Å²) in [6.07, 6.45) is 3.20. The molecule has 1 aromatic rings. The molecule has 1 saturated heterocycles. The second kappa shape index (κ2) is 4.33. The lowest BCUT2D eigenvalue weighted by Crippen LogP contribution is -2.39. The minimum absolute atomic E-state index is 0.147. The number of aryl methyl sites for hydroxylation is 1. The molecular weight excluding hydrogens is 218 g/mol. The number of nitrogen functional groups attached to an aromatic ring is 1. The number of aromatic nitrogens is 1. The molecule has 2 rings (SSSR count). The van der Waals surface area contributed by atoms with Crippen LogP contribution >= 0.6 is 0 Å². The molecule has 0 bridgehead atoms. The fourth-order valence-corrected chi connectivity index (χ4v) is 1.84. The Morgan fingerprint density at radius 3 is 3.00 bits per heavy atom. The minimum atomic E-state index is -0.725. The number of pyridine rings is 1. The molecule has 1 amide bonds. The summed E-state index contributed by atoms with van der Waals surface area (Å²) in [5.74, 6) is 0.366. The second-order valence-electron chi connectivity index (χ2n) is 4.56. The van der Waals surface area contributed by atoms with Gasteiger partial charge in [-0.3, -0.25) is 4.79 Å². The van der Waals surface area contributed by atoms with Crippen molar-refractivity contribution in [2.24, 2.45) is 0 Å². The van der Waals surface area contributed by atoms with Gasteiger partial charge < -0.3 is 15.8 Å². The van der Waals surface area contributed by atoms with Crippen LogP contribution in [0.1, 0.15) is 25.3 Å². The maximum Gasteiger partial charge on any atom is 0.257 e. The summed E-state index contributed by atoms with van der Waals surface area (Å²) in [5.41, 5.74) is 6.46. The predicted molar refractivity (Wildman–Crippen MR) is 65.6 cm³/mol. The molecular formula is C12H17N3O2. The molecule has 17 heavy (non-hydrogen) atoms. The van der Waals surface area contributed by atoms with E-state index in [0.29, 0.717) is 18.1 Å². The molecule has 1 atom stereocenters. The smallest absolute Gasteiger partial charge is 0.257 e. The van der Waals surface area contributed by atoms with Gasteiger partial charge in [0.15, 0.2) is 0 Å². The number of ether oxygens (including phenoxy) is 1. The third-order valence-electron chi connectivity index (χ3n) is 3.09. The Labute approximate surface area is 100 Å². The number of nitrogens with zero attached hydrogens (tertiary/aromatic N) is 1. The standard InChI is InChI=1S/C12H17N3O2/c1-8-6-10(14-7-9(8)13)15-11(16)12(2)4-3-5-17-12/h6-7H,3-5,13H2,1-2H3,(H,14,15,16). The molecule has 1 fully saturated rings. The highest BCUT2D eigenvalue weighted by atomic mass is 16.5. The van der Waals surface area contributed by atoms with Gasteiger partial charge in [0.25, 0.3) is 5.91 Å². The summed E-state index contributed by atoms with van der Waals surface area (Å²) in [5, 5.41) is 2.76. The predicted octanol–water partition coefficient (Wildman–Crippen LogP) is 1.48. The number of nitrogens with one attached hydrogen (secondary N) is 1. The third kappa shape index (κ3) is 2.39. The number of carbonyl (C=O) groups is 1. The molecule has 2 heterocycles. The number of hydrogen-bond donors (Lipinski definition) is 2. The Hall–Kier alpha value is -1.62. The van der Waals surface area contributed by atoms with Gasteiger partial charge in [-0.1, -0.05) is 0 Å². The van der Waals surface area contributed by atoms with Crippen LogP contribution < -0.4 is 11.1 Å². The van der Waals surface area contributed by atoms with Gasteiger partial charge >= 0.3 is 0 Å². The van der Waals surface area contributed by atoms with Crippen LogP contribution in [-0.2, 0) is 9.53 Å². The number of anilines is 2. The first kappa shape index (κ1) is 11.9.